The lowest BCUT2D eigenvalue weighted by molar-refractivity contribution is -0.116. The van der Waals surface area contributed by atoms with Crippen molar-refractivity contribution in [3.8, 4) is 0 Å². The highest BCUT2D eigenvalue weighted by atomic mass is 16.1. The Hall–Kier alpha value is -1.51. The summed E-state index contributed by atoms with van der Waals surface area (Å²) in [6.45, 7) is 0. The molecule has 2 N–H and O–H groups in total. The monoisotopic (exact) mass is 176 g/mol. The van der Waals surface area contributed by atoms with Crippen LogP contribution in [0.5, 0.6) is 0 Å². The first-order valence-electron chi connectivity index (χ1n) is 4.40. The maximum absolute atomic E-state index is 11.1. The minimum atomic E-state index is 0.112. The van der Waals surface area contributed by atoms with Gasteiger partial charge < -0.3 is 10.6 Å². The lowest BCUT2D eigenvalue weighted by atomic mass is 10.0. The summed E-state index contributed by atoms with van der Waals surface area (Å²) in [5.74, 6) is 0.112. The predicted molar refractivity (Wildman–Crippen MR) is 52.9 cm³/mol. The Morgan fingerprint density at radius 1 is 1.38 bits per heavy atom. The van der Waals surface area contributed by atoms with Crippen LogP contribution >= 0.6 is 0 Å². The number of fused-ring (bicyclic) bond motifs is 1. The average Bonchev–Trinajstić information content (AvgIpc) is 2.16. The molecule has 0 radical (unpaired) electrons. The topological polar surface area (TPSA) is 41.1 Å². The highest BCUT2D eigenvalue weighted by Gasteiger charge is 2.13. The molecular weight excluding hydrogens is 164 g/mol. The quantitative estimate of drug-likeness (QED) is 0.682. The Balaban J connectivity index is 2.38. The van der Waals surface area contributed by atoms with Crippen LogP contribution in [0.1, 0.15) is 12.0 Å². The van der Waals surface area contributed by atoms with Gasteiger partial charge in [0.25, 0.3) is 0 Å². The van der Waals surface area contributed by atoms with Gasteiger partial charge in [0.15, 0.2) is 0 Å². The number of hydrogen-bond acceptors (Lipinski definition) is 2. The Morgan fingerprint density at radius 3 is 3.00 bits per heavy atom. The number of amides is 1. The summed E-state index contributed by atoms with van der Waals surface area (Å²) in [6.07, 6.45) is 1.46. The van der Waals surface area contributed by atoms with Crippen molar-refractivity contribution in [3.05, 3.63) is 23.8 Å². The molecule has 1 aromatic carbocycles. The number of hydrogen-bond donors (Lipinski definition) is 2. The first kappa shape index (κ1) is 8.10. The first-order valence-corrected chi connectivity index (χ1v) is 4.40. The second-order valence-corrected chi connectivity index (χ2v) is 3.17. The molecule has 3 nitrogen and oxygen atoms in total. The molecule has 0 aliphatic carbocycles. The molecule has 0 unspecified atom stereocenters. The number of nitrogens with one attached hydrogen (secondary N) is 2. The number of aryl methyl sites for hydroxylation is 1. The summed E-state index contributed by atoms with van der Waals surface area (Å²) in [4.78, 5) is 11.1. The van der Waals surface area contributed by atoms with E-state index in [0.717, 1.165) is 17.8 Å². The highest BCUT2D eigenvalue weighted by molar-refractivity contribution is 5.94. The smallest absolute Gasteiger partial charge is 0.224 e. The van der Waals surface area contributed by atoms with E-state index in [1.54, 1.807) is 0 Å². The third kappa shape index (κ3) is 1.49. The molecule has 0 atom stereocenters. The molecule has 1 aromatic rings. The molecule has 0 saturated carbocycles. The summed E-state index contributed by atoms with van der Waals surface area (Å²) < 4.78 is 0. The van der Waals surface area contributed by atoms with Crippen molar-refractivity contribution in [2.75, 3.05) is 17.7 Å². The lowest BCUT2D eigenvalue weighted by Gasteiger charge is -2.17. The molecule has 0 aromatic heterocycles. The van der Waals surface area contributed by atoms with Gasteiger partial charge in [-0.1, -0.05) is 6.07 Å². The van der Waals surface area contributed by atoms with Crippen LogP contribution in [0.25, 0.3) is 0 Å². The second-order valence-electron chi connectivity index (χ2n) is 3.17. The second kappa shape index (κ2) is 3.09. The van der Waals surface area contributed by atoms with Crippen molar-refractivity contribution in [2.45, 2.75) is 12.8 Å². The van der Waals surface area contributed by atoms with Crippen molar-refractivity contribution in [1.29, 1.82) is 0 Å². The van der Waals surface area contributed by atoms with Crippen molar-refractivity contribution in [2.24, 2.45) is 0 Å². The molecule has 0 fully saturated rings. The van der Waals surface area contributed by atoms with Gasteiger partial charge in [-0.3, -0.25) is 4.79 Å². The number of anilines is 2. The van der Waals surface area contributed by atoms with Crippen LogP contribution in [0.15, 0.2) is 18.2 Å². The van der Waals surface area contributed by atoms with Crippen LogP contribution < -0.4 is 10.6 Å². The van der Waals surface area contributed by atoms with E-state index >= 15 is 0 Å². The van der Waals surface area contributed by atoms with E-state index in [4.69, 9.17) is 0 Å². The number of carbonyl (C=O) groups is 1. The molecule has 1 heterocycles. The van der Waals surface area contributed by atoms with E-state index in [1.165, 1.54) is 5.56 Å². The highest BCUT2D eigenvalue weighted by Crippen LogP contribution is 2.25. The van der Waals surface area contributed by atoms with E-state index in [1.807, 2.05) is 19.2 Å². The fourth-order valence-corrected chi connectivity index (χ4v) is 1.53. The van der Waals surface area contributed by atoms with Gasteiger partial charge in [0.2, 0.25) is 5.91 Å². The van der Waals surface area contributed by atoms with Crippen molar-refractivity contribution >= 4 is 17.3 Å². The third-order valence-corrected chi connectivity index (χ3v) is 2.29. The Kier molecular flexibility index (Phi) is 1.93. The van der Waals surface area contributed by atoms with Crippen molar-refractivity contribution < 1.29 is 4.79 Å². The van der Waals surface area contributed by atoms with E-state index in [-0.39, 0.29) is 5.91 Å². The van der Waals surface area contributed by atoms with E-state index in [9.17, 15) is 4.79 Å². The Morgan fingerprint density at radius 2 is 2.23 bits per heavy atom. The summed E-state index contributed by atoms with van der Waals surface area (Å²) >= 11 is 0. The number of benzene rings is 1. The maximum Gasteiger partial charge on any atom is 0.224 e. The zero-order valence-corrected chi connectivity index (χ0v) is 7.55. The third-order valence-electron chi connectivity index (χ3n) is 2.29. The van der Waals surface area contributed by atoms with Gasteiger partial charge in [-0.2, -0.15) is 0 Å². The summed E-state index contributed by atoms with van der Waals surface area (Å²) in [7, 11) is 1.87. The maximum atomic E-state index is 11.1. The van der Waals surface area contributed by atoms with Gasteiger partial charge in [0, 0.05) is 24.8 Å². The molecule has 1 aliphatic rings. The van der Waals surface area contributed by atoms with Gasteiger partial charge in [0.05, 0.1) is 0 Å². The largest absolute Gasteiger partial charge is 0.388 e. The standard InChI is InChI=1S/C10H12N2O/c1-11-8-4-2-7-3-5-10(13)12-9(7)6-8/h2,4,6,11H,3,5H2,1H3,(H,12,13). The van der Waals surface area contributed by atoms with Gasteiger partial charge in [-0.25, -0.2) is 0 Å². The SMILES string of the molecule is CNc1ccc2c(c1)NC(=O)CC2. The summed E-state index contributed by atoms with van der Waals surface area (Å²) in [5, 5.41) is 5.90. The zero-order chi connectivity index (χ0) is 9.26. The van der Waals surface area contributed by atoms with Crippen LogP contribution in [0.3, 0.4) is 0 Å². The molecule has 2 rings (SSSR count). The normalized spacial score (nSPS) is 14.7. The molecule has 0 bridgehead atoms. The van der Waals surface area contributed by atoms with E-state index in [2.05, 4.69) is 16.7 Å². The van der Waals surface area contributed by atoms with Crippen LogP contribution in [0.2, 0.25) is 0 Å². The van der Waals surface area contributed by atoms with Crippen LogP contribution in [0.4, 0.5) is 11.4 Å². The van der Waals surface area contributed by atoms with Gasteiger partial charge in [-0.05, 0) is 24.1 Å². The van der Waals surface area contributed by atoms with Gasteiger partial charge in [-0.15, -0.1) is 0 Å². The van der Waals surface area contributed by atoms with Crippen LogP contribution in [0, 0.1) is 0 Å². The fraction of sp³-hybridized carbons (Fsp3) is 0.300. The summed E-state index contributed by atoms with van der Waals surface area (Å²) in [5.41, 5.74) is 3.20. The van der Waals surface area contributed by atoms with Gasteiger partial charge in [0.1, 0.15) is 0 Å². The molecule has 68 valence electrons. The van der Waals surface area contributed by atoms with Gasteiger partial charge >= 0.3 is 0 Å². The number of rotatable bonds is 1. The molecule has 1 aliphatic heterocycles. The first-order chi connectivity index (χ1) is 6.29. The van der Waals surface area contributed by atoms with Crippen LogP contribution in [-0.2, 0) is 11.2 Å². The molecule has 1 amide bonds. The molecule has 0 spiro atoms. The zero-order valence-electron chi connectivity index (χ0n) is 7.55. The molecule has 3 heteroatoms. The fourth-order valence-electron chi connectivity index (χ4n) is 1.53. The molecular formula is C10H12N2O. The predicted octanol–water partition coefficient (Wildman–Crippen LogP) is 1.61. The minimum absolute atomic E-state index is 0.112. The van der Waals surface area contributed by atoms with Crippen molar-refractivity contribution in [3.63, 3.8) is 0 Å². The lowest BCUT2D eigenvalue weighted by Crippen LogP contribution is -2.18. The summed E-state index contributed by atoms with van der Waals surface area (Å²) in [6, 6.07) is 6.04. The van der Waals surface area contributed by atoms with E-state index < -0.39 is 0 Å². The Labute approximate surface area is 77.1 Å². The minimum Gasteiger partial charge on any atom is -0.388 e. The van der Waals surface area contributed by atoms with E-state index in [0.29, 0.717) is 6.42 Å². The molecule has 0 saturated heterocycles. The van der Waals surface area contributed by atoms with Crippen LogP contribution in [-0.4, -0.2) is 13.0 Å². The molecule has 13 heavy (non-hydrogen) atoms. The Bertz CT molecular complexity index is 347. The van der Waals surface area contributed by atoms with Crippen molar-refractivity contribution in [1.82, 2.24) is 0 Å². The average molecular weight is 176 g/mol. The number of carbonyl (C=O) groups excluding carboxylic acids is 1.